The molecular weight excluding hydrogens is 472 g/mol. The minimum Gasteiger partial charge on any atom is -0.497 e. The fourth-order valence-electron chi connectivity index (χ4n) is 3.01. The number of benzene rings is 3. The molecule has 0 spiro atoms. The molecule has 184 valence electrons. The third-order valence-corrected chi connectivity index (χ3v) is 4.81. The summed E-state index contributed by atoms with van der Waals surface area (Å²) in [6, 6.07) is 14.9. The molecule has 0 aliphatic carbocycles. The van der Waals surface area contributed by atoms with Gasteiger partial charge in [0, 0.05) is 5.56 Å². The fraction of sp³-hybridized carbons (Fsp3) is 0.167. The number of amides is 2. The average Bonchev–Trinajstić information content (AvgIpc) is 2.85. The number of carbonyl (C=O) groups excluding carboxylic acids is 2. The second-order valence-corrected chi connectivity index (χ2v) is 7.10. The number of rotatable bonds is 7. The van der Waals surface area contributed by atoms with Crippen molar-refractivity contribution in [2.75, 3.05) is 14.2 Å². The maximum Gasteiger partial charge on any atom is 0.472 e. The van der Waals surface area contributed by atoms with Crippen molar-refractivity contribution in [3.63, 3.8) is 0 Å². The molecule has 0 radical (unpaired) electrons. The van der Waals surface area contributed by atoms with Crippen molar-refractivity contribution in [1.82, 2.24) is 10.9 Å². The lowest BCUT2D eigenvalue weighted by Gasteiger charge is -2.15. The van der Waals surface area contributed by atoms with Gasteiger partial charge in [0.2, 0.25) is 0 Å². The first-order valence-corrected chi connectivity index (χ1v) is 10.0. The van der Waals surface area contributed by atoms with Gasteiger partial charge in [-0.25, -0.2) is 4.39 Å². The summed E-state index contributed by atoms with van der Waals surface area (Å²) < 4.78 is 68.0. The van der Waals surface area contributed by atoms with E-state index in [-0.39, 0.29) is 34.8 Å². The van der Waals surface area contributed by atoms with Gasteiger partial charge in [-0.05, 0) is 59.7 Å². The van der Waals surface area contributed by atoms with Gasteiger partial charge in [0.1, 0.15) is 29.7 Å². The Morgan fingerprint density at radius 2 is 1.43 bits per heavy atom. The summed E-state index contributed by atoms with van der Waals surface area (Å²) in [5.41, 5.74) is 3.51. The van der Waals surface area contributed by atoms with E-state index in [4.69, 9.17) is 14.2 Å². The number of hydrogen-bond donors (Lipinski definition) is 2. The number of methoxy groups -OCH3 is 2. The summed E-state index contributed by atoms with van der Waals surface area (Å²) in [5, 5.41) is 0. The Bertz CT molecular complexity index is 1210. The van der Waals surface area contributed by atoms with Gasteiger partial charge in [0.15, 0.2) is 0 Å². The molecule has 0 unspecified atom stereocenters. The Labute approximate surface area is 197 Å². The number of carbonyl (C=O) groups is 2. The summed E-state index contributed by atoms with van der Waals surface area (Å²) in [4.78, 5) is 23.8. The Balaban J connectivity index is 1.92. The first kappa shape index (κ1) is 25.3. The maximum atomic E-state index is 14.6. The Kier molecular flexibility index (Phi) is 7.80. The summed E-state index contributed by atoms with van der Waals surface area (Å²) in [5.74, 6) is -3.07. The number of hydrazine groups is 1. The van der Waals surface area contributed by atoms with Crippen LogP contribution in [0.3, 0.4) is 0 Å². The summed E-state index contributed by atoms with van der Waals surface area (Å²) in [6.45, 7) is 0.0999. The van der Waals surface area contributed by atoms with Gasteiger partial charge in [0.25, 0.3) is 5.91 Å². The van der Waals surface area contributed by atoms with Gasteiger partial charge in [0.05, 0.1) is 19.8 Å². The van der Waals surface area contributed by atoms with E-state index in [0.717, 1.165) is 11.6 Å². The lowest BCUT2D eigenvalue weighted by molar-refractivity contribution is -0.174. The summed E-state index contributed by atoms with van der Waals surface area (Å²) >= 11 is 0. The van der Waals surface area contributed by atoms with E-state index >= 15 is 0 Å². The molecule has 2 N–H and O–H groups in total. The van der Waals surface area contributed by atoms with Crippen LogP contribution in [0, 0.1) is 5.82 Å². The Hall–Kier alpha value is -4.28. The van der Waals surface area contributed by atoms with Gasteiger partial charge < -0.3 is 14.2 Å². The average molecular weight is 492 g/mol. The van der Waals surface area contributed by atoms with Crippen LogP contribution in [0.1, 0.15) is 15.9 Å². The number of hydrogen-bond acceptors (Lipinski definition) is 5. The Morgan fingerprint density at radius 3 is 2.06 bits per heavy atom. The van der Waals surface area contributed by atoms with Gasteiger partial charge in [-0.15, -0.1) is 0 Å². The maximum absolute atomic E-state index is 14.6. The highest BCUT2D eigenvalue weighted by Crippen LogP contribution is 2.32. The molecule has 0 fully saturated rings. The van der Waals surface area contributed by atoms with Crippen LogP contribution in [0.4, 0.5) is 17.6 Å². The molecule has 2 amide bonds. The predicted octanol–water partition coefficient (Wildman–Crippen LogP) is 4.41. The molecule has 35 heavy (non-hydrogen) atoms. The van der Waals surface area contributed by atoms with Crippen molar-refractivity contribution in [2.45, 2.75) is 12.8 Å². The largest absolute Gasteiger partial charge is 0.497 e. The second kappa shape index (κ2) is 10.8. The second-order valence-electron chi connectivity index (χ2n) is 7.10. The van der Waals surface area contributed by atoms with Crippen LogP contribution in [-0.4, -0.2) is 32.2 Å². The minimum absolute atomic E-state index is 0.0388. The van der Waals surface area contributed by atoms with Crippen molar-refractivity contribution in [2.24, 2.45) is 0 Å². The van der Waals surface area contributed by atoms with E-state index in [9.17, 15) is 27.2 Å². The van der Waals surface area contributed by atoms with E-state index in [1.807, 2.05) is 0 Å². The number of ether oxygens (including phenoxy) is 3. The number of nitrogens with one attached hydrogen (secondary N) is 2. The first-order chi connectivity index (χ1) is 16.6. The number of alkyl halides is 3. The molecule has 0 saturated heterocycles. The van der Waals surface area contributed by atoms with E-state index in [1.54, 1.807) is 29.7 Å². The van der Waals surface area contributed by atoms with Crippen LogP contribution in [0.2, 0.25) is 0 Å². The van der Waals surface area contributed by atoms with Crippen LogP contribution in [0.5, 0.6) is 17.2 Å². The summed E-state index contributed by atoms with van der Waals surface area (Å²) in [6.07, 6.45) is -5.21. The van der Waals surface area contributed by atoms with Gasteiger partial charge in [-0.1, -0.05) is 12.1 Å². The first-order valence-electron chi connectivity index (χ1n) is 10.0. The van der Waals surface area contributed by atoms with Crippen LogP contribution < -0.4 is 25.1 Å². The zero-order chi connectivity index (χ0) is 25.6. The van der Waals surface area contributed by atoms with Gasteiger partial charge in [-0.3, -0.25) is 20.4 Å². The fourth-order valence-corrected chi connectivity index (χ4v) is 3.01. The van der Waals surface area contributed by atoms with Crippen molar-refractivity contribution in [3.05, 3.63) is 77.6 Å². The molecule has 0 heterocycles. The molecule has 7 nitrogen and oxygen atoms in total. The molecule has 3 rings (SSSR count). The topological polar surface area (TPSA) is 85.9 Å². The van der Waals surface area contributed by atoms with Gasteiger partial charge >= 0.3 is 12.1 Å². The smallest absolute Gasteiger partial charge is 0.472 e. The summed E-state index contributed by atoms with van der Waals surface area (Å²) in [7, 11) is 2.90. The highest BCUT2D eigenvalue weighted by Gasteiger charge is 2.39. The van der Waals surface area contributed by atoms with Crippen LogP contribution in [0.25, 0.3) is 11.1 Å². The van der Waals surface area contributed by atoms with E-state index in [2.05, 4.69) is 0 Å². The molecule has 3 aromatic rings. The molecule has 0 saturated carbocycles. The van der Waals surface area contributed by atoms with E-state index < -0.39 is 23.8 Å². The molecule has 0 aliphatic rings. The third kappa shape index (κ3) is 6.40. The zero-order valence-corrected chi connectivity index (χ0v) is 18.5. The molecule has 11 heteroatoms. The molecule has 0 aliphatic heterocycles. The normalized spacial score (nSPS) is 10.9. The number of halogens is 4. The monoisotopic (exact) mass is 492 g/mol. The van der Waals surface area contributed by atoms with E-state index in [0.29, 0.717) is 5.75 Å². The lowest BCUT2D eigenvalue weighted by atomic mass is 9.98. The SMILES string of the molecule is COc1ccc(COc2ccc(-c3cc(OC)ccc3F)c(C(=O)NNC(=O)C(F)(F)F)c2)cc1. The van der Waals surface area contributed by atoms with Gasteiger partial charge in [-0.2, -0.15) is 13.2 Å². The highest BCUT2D eigenvalue weighted by molar-refractivity contribution is 6.02. The molecule has 0 bridgehead atoms. The highest BCUT2D eigenvalue weighted by atomic mass is 19.4. The standard InChI is InChI=1S/C24H20F4N2O5/c1-33-15-5-3-14(4-6-15)13-35-17-7-9-18(19-11-16(34-2)8-10-21(19)25)20(12-17)22(31)29-30-23(32)24(26,27)28/h3-12H,13H2,1-2H3,(H,29,31)(H,30,32). The lowest BCUT2D eigenvalue weighted by Crippen LogP contribution is -2.47. The third-order valence-electron chi connectivity index (χ3n) is 4.81. The zero-order valence-electron chi connectivity index (χ0n) is 18.5. The molecule has 0 aromatic heterocycles. The van der Waals surface area contributed by atoms with Crippen molar-refractivity contribution in [3.8, 4) is 28.4 Å². The predicted molar refractivity (Wildman–Crippen MR) is 117 cm³/mol. The van der Waals surface area contributed by atoms with E-state index in [1.165, 1.54) is 50.0 Å². The molecule has 3 aromatic carbocycles. The van der Waals surface area contributed by atoms with Crippen LogP contribution in [-0.2, 0) is 11.4 Å². The van der Waals surface area contributed by atoms with Crippen molar-refractivity contribution < 1.29 is 41.4 Å². The minimum atomic E-state index is -5.21. The quantitative estimate of drug-likeness (QED) is 0.377. The Morgan fingerprint density at radius 1 is 0.800 bits per heavy atom. The van der Waals surface area contributed by atoms with Crippen molar-refractivity contribution in [1.29, 1.82) is 0 Å². The van der Waals surface area contributed by atoms with Crippen molar-refractivity contribution >= 4 is 11.8 Å². The van der Waals surface area contributed by atoms with Crippen LogP contribution in [0.15, 0.2) is 60.7 Å². The molecule has 0 atom stereocenters. The molecular formula is C24H20F4N2O5. The van der Waals surface area contributed by atoms with Crippen LogP contribution >= 0.6 is 0 Å².